The summed E-state index contributed by atoms with van der Waals surface area (Å²) in [4.78, 5) is 25.0. The normalized spacial score (nSPS) is 10.6. The first kappa shape index (κ1) is 19.6. The molecule has 6 heteroatoms. The minimum atomic E-state index is -0.490. The second kappa shape index (κ2) is 8.71. The van der Waals surface area contributed by atoms with E-state index in [2.05, 4.69) is 5.32 Å². The maximum Gasteiger partial charge on any atom is 0.341 e. The van der Waals surface area contributed by atoms with Crippen molar-refractivity contribution in [3.05, 3.63) is 71.1 Å². The number of esters is 1. The third kappa shape index (κ3) is 4.40. The van der Waals surface area contributed by atoms with Gasteiger partial charge >= 0.3 is 5.97 Å². The van der Waals surface area contributed by atoms with Crippen LogP contribution in [0.1, 0.15) is 34.6 Å². The van der Waals surface area contributed by atoms with E-state index in [0.29, 0.717) is 21.9 Å². The average molecular weight is 395 g/mol. The summed E-state index contributed by atoms with van der Waals surface area (Å²) in [6.45, 7) is 3.88. The van der Waals surface area contributed by atoms with Gasteiger partial charge in [-0.15, -0.1) is 11.3 Å². The molecule has 28 heavy (non-hydrogen) atoms. The Morgan fingerprint density at radius 1 is 1.00 bits per heavy atom. The Kier molecular flexibility index (Phi) is 6.11. The van der Waals surface area contributed by atoms with Crippen LogP contribution < -0.4 is 10.1 Å². The highest BCUT2D eigenvalue weighted by atomic mass is 32.1. The fourth-order valence-electron chi connectivity index (χ4n) is 2.72. The highest BCUT2D eigenvalue weighted by Crippen LogP contribution is 2.36. The van der Waals surface area contributed by atoms with Crippen LogP contribution in [0.25, 0.3) is 11.1 Å². The van der Waals surface area contributed by atoms with Crippen LogP contribution in [0.5, 0.6) is 5.75 Å². The molecule has 1 heterocycles. The molecular formula is C22H21NO4S. The van der Waals surface area contributed by atoms with Gasteiger partial charge in [0.15, 0.2) is 0 Å². The maximum atomic E-state index is 12.7. The third-order valence-electron chi connectivity index (χ3n) is 3.98. The van der Waals surface area contributed by atoms with Gasteiger partial charge in [0.2, 0.25) is 0 Å². The smallest absolute Gasteiger partial charge is 0.341 e. The fraction of sp³-hybridized carbons (Fsp3) is 0.182. The lowest BCUT2D eigenvalue weighted by Crippen LogP contribution is -2.14. The first-order valence-corrected chi connectivity index (χ1v) is 9.71. The largest absolute Gasteiger partial charge is 0.491 e. The maximum absolute atomic E-state index is 12.7. The van der Waals surface area contributed by atoms with E-state index < -0.39 is 5.97 Å². The number of methoxy groups -OCH3 is 1. The molecule has 3 aromatic rings. The van der Waals surface area contributed by atoms with Gasteiger partial charge in [-0.3, -0.25) is 4.79 Å². The van der Waals surface area contributed by atoms with Gasteiger partial charge in [-0.2, -0.15) is 0 Å². The molecule has 0 unspecified atom stereocenters. The number of benzene rings is 2. The molecule has 0 saturated heterocycles. The highest BCUT2D eigenvalue weighted by molar-refractivity contribution is 7.15. The van der Waals surface area contributed by atoms with E-state index in [1.54, 1.807) is 24.3 Å². The van der Waals surface area contributed by atoms with E-state index in [9.17, 15) is 9.59 Å². The Balaban J connectivity index is 1.86. The molecule has 0 bridgehead atoms. The molecule has 1 aromatic heterocycles. The quantitative estimate of drug-likeness (QED) is 0.580. The third-order valence-corrected chi connectivity index (χ3v) is 4.88. The fourth-order valence-corrected chi connectivity index (χ4v) is 3.67. The van der Waals surface area contributed by atoms with Crippen LogP contribution in [0, 0.1) is 0 Å². The second-order valence-corrected chi connectivity index (χ2v) is 7.24. The summed E-state index contributed by atoms with van der Waals surface area (Å²) in [7, 11) is 1.33. The molecular weight excluding hydrogens is 374 g/mol. The first-order chi connectivity index (χ1) is 13.5. The van der Waals surface area contributed by atoms with Crippen molar-refractivity contribution in [3.8, 4) is 16.9 Å². The molecule has 0 aliphatic heterocycles. The zero-order chi connectivity index (χ0) is 20.1. The Bertz CT molecular complexity index is 962. The van der Waals surface area contributed by atoms with Crippen molar-refractivity contribution in [3.63, 3.8) is 0 Å². The minimum absolute atomic E-state index is 0.0600. The zero-order valence-corrected chi connectivity index (χ0v) is 16.7. The van der Waals surface area contributed by atoms with E-state index in [-0.39, 0.29) is 12.0 Å². The molecule has 0 saturated carbocycles. The summed E-state index contributed by atoms with van der Waals surface area (Å²) in [6.07, 6.45) is 0.0600. The molecule has 0 aliphatic carbocycles. The van der Waals surface area contributed by atoms with Gasteiger partial charge in [0.05, 0.1) is 13.2 Å². The number of hydrogen-bond acceptors (Lipinski definition) is 5. The minimum Gasteiger partial charge on any atom is -0.491 e. The van der Waals surface area contributed by atoms with Crippen molar-refractivity contribution in [1.82, 2.24) is 0 Å². The second-order valence-electron chi connectivity index (χ2n) is 6.36. The molecule has 144 valence electrons. The monoisotopic (exact) mass is 395 g/mol. The molecule has 5 nitrogen and oxygen atoms in total. The number of hydrogen-bond donors (Lipinski definition) is 1. The number of rotatable bonds is 6. The van der Waals surface area contributed by atoms with Crippen molar-refractivity contribution in [2.45, 2.75) is 20.0 Å². The van der Waals surface area contributed by atoms with Crippen LogP contribution in [-0.2, 0) is 4.74 Å². The predicted molar refractivity (Wildman–Crippen MR) is 111 cm³/mol. The van der Waals surface area contributed by atoms with Gasteiger partial charge < -0.3 is 14.8 Å². The summed E-state index contributed by atoms with van der Waals surface area (Å²) >= 11 is 1.29. The Morgan fingerprint density at radius 2 is 1.68 bits per heavy atom. The summed E-state index contributed by atoms with van der Waals surface area (Å²) in [6, 6.07) is 16.4. The molecule has 0 aliphatic rings. The van der Waals surface area contributed by atoms with Gasteiger partial charge in [0, 0.05) is 16.5 Å². The van der Waals surface area contributed by atoms with Gasteiger partial charge in [-0.25, -0.2) is 4.79 Å². The summed E-state index contributed by atoms with van der Waals surface area (Å²) < 4.78 is 10.5. The molecule has 0 atom stereocenters. The standard InChI is InChI=1S/C22H21NO4S/c1-14(2)27-17-11-9-16(10-12-17)20(24)23-21-19(22(25)26-3)18(13-28-21)15-7-5-4-6-8-15/h4-14H,1-3H3,(H,23,24). The van der Waals surface area contributed by atoms with E-state index in [1.807, 2.05) is 49.6 Å². The Labute approximate surface area is 167 Å². The number of carbonyl (C=O) groups excluding carboxylic acids is 2. The summed E-state index contributed by atoms with van der Waals surface area (Å²) in [5.74, 6) is -0.0944. The highest BCUT2D eigenvalue weighted by Gasteiger charge is 2.22. The zero-order valence-electron chi connectivity index (χ0n) is 15.9. The van der Waals surface area contributed by atoms with Crippen LogP contribution in [-0.4, -0.2) is 25.1 Å². The van der Waals surface area contributed by atoms with E-state index >= 15 is 0 Å². The van der Waals surface area contributed by atoms with Crippen LogP contribution in [0.4, 0.5) is 5.00 Å². The van der Waals surface area contributed by atoms with Crippen molar-refractivity contribution in [2.75, 3.05) is 12.4 Å². The first-order valence-electron chi connectivity index (χ1n) is 8.83. The molecule has 0 radical (unpaired) electrons. The molecule has 2 aromatic carbocycles. The topological polar surface area (TPSA) is 64.6 Å². The average Bonchev–Trinajstić information content (AvgIpc) is 3.11. The van der Waals surface area contributed by atoms with Crippen LogP contribution >= 0.6 is 11.3 Å². The van der Waals surface area contributed by atoms with Crippen LogP contribution in [0.3, 0.4) is 0 Å². The lowest BCUT2D eigenvalue weighted by atomic mass is 10.0. The molecule has 1 amide bonds. The Morgan fingerprint density at radius 3 is 2.29 bits per heavy atom. The van der Waals surface area contributed by atoms with Crippen LogP contribution in [0.2, 0.25) is 0 Å². The molecule has 1 N–H and O–H groups in total. The SMILES string of the molecule is COC(=O)c1c(-c2ccccc2)csc1NC(=O)c1ccc(OC(C)C)cc1. The molecule has 0 fully saturated rings. The van der Waals surface area contributed by atoms with Gasteiger partial charge in [-0.1, -0.05) is 30.3 Å². The van der Waals surface area contributed by atoms with Gasteiger partial charge in [0.1, 0.15) is 16.3 Å². The predicted octanol–water partition coefficient (Wildman–Crippen LogP) is 5.24. The van der Waals surface area contributed by atoms with E-state index in [4.69, 9.17) is 9.47 Å². The van der Waals surface area contributed by atoms with Crippen molar-refractivity contribution in [1.29, 1.82) is 0 Å². The summed E-state index contributed by atoms with van der Waals surface area (Å²) in [5.41, 5.74) is 2.44. The van der Waals surface area contributed by atoms with Crippen molar-refractivity contribution >= 4 is 28.2 Å². The number of nitrogens with one attached hydrogen (secondary N) is 1. The lowest BCUT2D eigenvalue weighted by molar-refractivity contribution is 0.0603. The Hall–Kier alpha value is -3.12. The summed E-state index contributed by atoms with van der Waals surface area (Å²) in [5, 5.41) is 5.13. The molecule has 0 spiro atoms. The number of thiophene rings is 1. The number of carbonyl (C=O) groups is 2. The van der Waals surface area contributed by atoms with Gasteiger partial charge in [0.25, 0.3) is 5.91 Å². The van der Waals surface area contributed by atoms with Gasteiger partial charge in [-0.05, 0) is 43.7 Å². The van der Waals surface area contributed by atoms with Crippen molar-refractivity contribution < 1.29 is 19.1 Å². The number of anilines is 1. The number of ether oxygens (including phenoxy) is 2. The van der Waals surface area contributed by atoms with E-state index in [1.165, 1.54) is 18.4 Å². The molecule has 3 rings (SSSR count). The van der Waals surface area contributed by atoms with Crippen molar-refractivity contribution in [2.24, 2.45) is 0 Å². The lowest BCUT2D eigenvalue weighted by Gasteiger charge is -2.10. The van der Waals surface area contributed by atoms with E-state index in [0.717, 1.165) is 11.1 Å². The van der Waals surface area contributed by atoms with Crippen LogP contribution in [0.15, 0.2) is 60.0 Å². The number of amides is 1.